The Bertz CT molecular complexity index is 701. The van der Waals surface area contributed by atoms with E-state index >= 15 is 0 Å². The molecule has 1 fully saturated rings. The first-order valence-corrected chi connectivity index (χ1v) is 7.24. The summed E-state index contributed by atoms with van der Waals surface area (Å²) in [6.45, 7) is 2.89. The molecule has 3 heterocycles. The Balaban J connectivity index is 1.68. The number of carbonyl (C=O) groups is 1. The van der Waals surface area contributed by atoms with Gasteiger partial charge in [-0.25, -0.2) is 14.8 Å². The van der Waals surface area contributed by atoms with Gasteiger partial charge in [0.15, 0.2) is 5.69 Å². The molecule has 0 aromatic carbocycles. The lowest BCUT2D eigenvalue weighted by molar-refractivity contribution is 0.0690. The molecule has 0 radical (unpaired) electrons. The average Bonchev–Trinajstić information content (AvgIpc) is 2.62. The van der Waals surface area contributed by atoms with Crippen molar-refractivity contribution in [1.29, 1.82) is 0 Å². The van der Waals surface area contributed by atoms with Crippen molar-refractivity contribution in [3.8, 4) is 5.88 Å². The van der Waals surface area contributed by atoms with Crippen LogP contribution >= 0.6 is 0 Å². The first kappa shape index (κ1) is 15.0. The molecule has 0 saturated carbocycles. The molecule has 1 saturated heterocycles. The van der Waals surface area contributed by atoms with E-state index in [0.29, 0.717) is 17.6 Å². The summed E-state index contributed by atoms with van der Waals surface area (Å²) >= 11 is 0. The maximum Gasteiger partial charge on any atom is 0.354 e. The zero-order chi connectivity index (χ0) is 16.2. The fourth-order valence-corrected chi connectivity index (χ4v) is 2.45. The molecule has 1 aliphatic rings. The summed E-state index contributed by atoms with van der Waals surface area (Å²) in [6, 6.07) is 6.74. The summed E-state index contributed by atoms with van der Waals surface area (Å²) in [6.07, 6.45) is 1.67. The van der Waals surface area contributed by atoms with Crippen molar-refractivity contribution >= 4 is 17.7 Å². The first-order valence-electron chi connectivity index (χ1n) is 7.24. The van der Waals surface area contributed by atoms with E-state index in [9.17, 15) is 4.79 Å². The number of carboxylic acids is 1. The number of methoxy groups -OCH3 is 1. The molecule has 8 nitrogen and oxygen atoms in total. The topological polar surface area (TPSA) is 91.7 Å². The molecule has 0 aliphatic carbocycles. The summed E-state index contributed by atoms with van der Waals surface area (Å²) in [5.41, 5.74) is 0.0565. The Kier molecular flexibility index (Phi) is 4.22. The molecule has 2 aromatic heterocycles. The van der Waals surface area contributed by atoms with E-state index < -0.39 is 5.97 Å². The number of hydrogen-bond acceptors (Lipinski definition) is 7. The van der Waals surface area contributed by atoms with Gasteiger partial charge < -0.3 is 19.6 Å². The lowest BCUT2D eigenvalue weighted by Gasteiger charge is -2.35. The molecule has 0 unspecified atom stereocenters. The number of carboxylic acid groups (broad SMARTS) is 1. The molecule has 0 atom stereocenters. The molecule has 1 N–H and O–H groups in total. The van der Waals surface area contributed by atoms with Crippen molar-refractivity contribution in [2.75, 3.05) is 43.1 Å². The monoisotopic (exact) mass is 315 g/mol. The quantitative estimate of drug-likeness (QED) is 0.890. The maximum absolute atomic E-state index is 11.0. The van der Waals surface area contributed by atoms with E-state index in [0.717, 1.165) is 26.2 Å². The number of hydrogen-bond donors (Lipinski definition) is 1. The lowest BCUT2D eigenvalue weighted by Crippen LogP contribution is -2.47. The minimum absolute atomic E-state index is 0.0565. The smallest absolute Gasteiger partial charge is 0.354 e. The van der Waals surface area contributed by atoms with E-state index in [1.807, 2.05) is 6.07 Å². The third-order valence-corrected chi connectivity index (χ3v) is 3.67. The molecule has 2 aromatic rings. The van der Waals surface area contributed by atoms with Crippen molar-refractivity contribution in [1.82, 2.24) is 15.0 Å². The Morgan fingerprint density at radius 3 is 2.57 bits per heavy atom. The van der Waals surface area contributed by atoms with Crippen molar-refractivity contribution < 1.29 is 14.6 Å². The highest BCUT2D eigenvalue weighted by molar-refractivity contribution is 5.85. The van der Waals surface area contributed by atoms with Crippen molar-refractivity contribution in [2.24, 2.45) is 0 Å². The van der Waals surface area contributed by atoms with Crippen LogP contribution in [-0.4, -0.2) is 59.3 Å². The second kappa shape index (κ2) is 6.47. The Morgan fingerprint density at radius 2 is 1.87 bits per heavy atom. The van der Waals surface area contributed by atoms with Crippen molar-refractivity contribution in [3.05, 3.63) is 36.2 Å². The average molecular weight is 315 g/mol. The lowest BCUT2D eigenvalue weighted by atomic mass is 10.3. The minimum Gasteiger partial charge on any atom is -0.481 e. The largest absolute Gasteiger partial charge is 0.481 e. The predicted molar refractivity (Wildman–Crippen MR) is 84.2 cm³/mol. The minimum atomic E-state index is -1.02. The summed E-state index contributed by atoms with van der Waals surface area (Å²) < 4.78 is 5.12. The van der Waals surface area contributed by atoms with Gasteiger partial charge in [0.1, 0.15) is 5.82 Å². The molecule has 0 spiro atoms. The normalized spacial score (nSPS) is 14.7. The van der Waals surface area contributed by atoms with Crippen LogP contribution in [0, 0.1) is 0 Å². The number of ether oxygens (including phenoxy) is 1. The molecule has 3 rings (SSSR count). The van der Waals surface area contributed by atoms with Gasteiger partial charge in [0.05, 0.1) is 7.11 Å². The fraction of sp³-hybridized carbons (Fsp3) is 0.333. The zero-order valence-corrected chi connectivity index (χ0v) is 12.7. The van der Waals surface area contributed by atoms with Gasteiger partial charge in [-0.05, 0) is 12.1 Å². The van der Waals surface area contributed by atoms with E-state index in [2.05, 4.69) is 24.8 Å². The summed E-state index contributed by atoms with van der Waals surface area (Å²) in [5, 5.41) is 9.03. The SMILES string of the molecule is COc1ccnc(N2CCN(c3cccc(C(=O)O)n3)CC2)n1. The molecule has 0 amide bonds. The first-order chi connectivity index (χ1) is 11.2. The van der Waals surface area contributed by atoms with Crippen molar-refractivity contribution in [2.45, 2.75) is 0 Å². The molecular formula is C15H17N5O3. The summed E-state index contributed by atoms with van der Waals surface area (Å²) in [4.78, 5) is 27.9. The second-order valence-electron chi connectivity index (χ2n) is 5.06. The van der Waals surface area contributed by atoms with E-state index in [1.54, 1.807) is 25.4 Å². The van der Waals surface area contributed by atoms with Gasteiger partial charge in [0.25, 0.3) is 0 Å². The van der Waals surface area contributed by atoms with Gasteiger partial charge >= 0.3 is 5.97 Å². The van der Waals surface area contributed by atoms with Gasteiger partial charge in [-0.3, -0.25) is 0 Å². The molecule has 1 aliphatic heterocycles. The summed E-state index contributed by atoms with van der Waals surface area (Å²) in [5.74, 6) is 0.830. The van der Waals surface area contributed by atoms with Crippen LogP contribution in [-0.2, 0) is 0 Å². The number of pyridine rings is 1. The standard InChI is InChI=1S/C15H17N5O3/c1-23-13-5-6-16-15(18-13)20-9-7-19(8-10-20)12-4-2-3-11(17-12)14(21)22/h2-6H,7-10H2,1H3,(H,21,22). The van der Waals surface area contributed by atoms with E-state index in [4.69, 9.17) is 9.84 Å². The van der Waals surface area contributed by atoms with E-state index in [-0.39, 0.29) is 5.69 Å². The number of anilines is 2. The molecule has 8 heteroatoms. The van der Waals surface area contributed by atoms with Crippen LogP contribution in [0.15, 0.2) is 30.5 Å². The maximum atomic E-state index is 11.0. The fourth-order valence-electron chi connectivity index (χ4n) is 2.45. The summed E-state index contributed by atoms with van der Waals surface area (Å²) in [7, 11) is 1.57. The highest BCUT2D eigenvalue weighted by Gasteiger charge is 2.21. The molecule has 23 heavy (non-hydrogen) atoms. The van der Waals surface area contributed by atoms with Crippen LogP contribution in [0.3, 0.4) is 0 Å². The Labute approximate surface area is 133 Å². The number of aromatic carboxylic acids is 1. The molecular weight excluding hydrogens is 298 g/mol. The number of nitrogens with zero attached hydrogens (tertiary/aromatic N) is 5. The highest BCUT2D eigenvalue weighted by atomic mass is 16.5. The van der Waals surface area contributed by atoms with Crippen LogP contribution in [0.1, 0.15) is 10.5 Å². The molecule has 120 valence electrons. The number of rotatable bonds is 4. The van der Waals surface area contributed by atoms with Gasteiger partial charge in [-0.2, -0.15) is 4.98 Å². The van der Waals surface area contributed by atoms with Crippen LogP contribution in [0.25, 0.3) is 0 Å². The Hall–Kier alpha value is -2.90. The third kappa shape index (κ3) is 3.31. The predicted octanol–water partition coefficient (Wildman–Crippen LogP) is 0.905. The highest BCUT2D eigenvalue weighted by Crippen LogP contribution is 2.18. The third-order valence-electron chi connectivity index (χ3n) is 3.67. The van der Waals surface area contributed by atoms with Crippen molar-refractivity contribution in [3.63, 3.8) is 0 Å². The van der Waals surface area contributed by atoms with Crippen LogP contribution < -0.4 is 14.5 Å². The number of piperazine rings is 1. The van der Waals surface area contributed by atoms with Gasteiger partial charge in [-0.1, -0.05) is 6.07 Å². The van der Waals surface area contributed by atoms with Crippen LogP contribution in [0.4, 0.5) is 11.8 Å². The van der Waals surface area contributed by atoms with E-state index in [1.165, 1.54) is 6.07 Å². The molecule has 0 bridgehead atoms. The van der Waals surface area contributed by atoms with Gasteiger partial charge in [-0.15, -0.1) is 0 Å². The number of aromatic nitrogens is 3. The van der Waals surface area contributed by atoms with Crippen LogP contribution in [0.2, 0.25) is 0 Å². The van der Waals surface area contributed by atoms with Gasteiger partial charge in [0.2, 0.25) is 11.8 Å². The van der Waals surface area contributed by atoms with Gasteiger partial charge in [0, 0.05) is 38.4 Å². The Morgan fingerprint density at radius 1 is 1.13 bits per heavy atom. The zero-order valence-electron chi connectivity index (χ0n) is 12.7. The second-order valence-corrected chi connectivity index (χ2v) is 5.06. The van der Waals surface area contributed by atoms with Crippen LogP contribution in [0.5, 0.6) is 5.88 Å².